The summed E-state index contributed by atoms with van der Waals surface area (Å²) >= 11 is 1.62. The van der Waals surface area contributed by atoms with Crippen LogP contribution < -0.4 is 0 Å². The standard InChI is InChI=1S/2C4H6N2O.C4H6N2S/c1-3-5-6-4(2)7-3;1-3-5-4(2)7-6-3;1-3-5-6-4(2)7-3/h3*1-2H3. The molecule has 0 aromatic carbocycles. The molecule has 0 aliphatic heterocycles. The van der Waals surface area contributed by atoms with Crippen molar-refractivity contribution >= 4 is 11.3 Å². The van der Waals surface area contributed by atoms with Gasteiger partial charge in [0.25, 0.3) is 0 Å². The number of rotatable bonds is 0. The lowest BCUT2D eigenvalue weighted by Gasteiger charge is -1.70. The van der Waals surface area contributed by atoms with Gasteiger partial charge in [0.05, 0.1) is 0 Å². The summed E-state index contributed by atoms with van der Waals surface area (Å²) in [7, 11) is 0. The molecular weight excluding hydrogens is 292 g/mol. The minimum atomic E-state index is 0.623. The summed E-state index contributed by atoms with van der Waals surface area (Å²) < 4.78 is 9.46. The number of aromatic nitrogens is 6. The predicted molar refractivity (Wildman–Crippen MR) is 76.9 cm³/mol. The second kappa shape index (κ2) is 8.20. The van der Waals surface area contributed by atoms with Crippen molar-refractivity contribution in [2.24, 2.45) is 0 Å². The van der Waals surface area contributed by atoms with Gasteiger partial charge < -0.3 is 8.94 Å². The molecule has 9 heteroatoms. The Morgan fingerprint density at radius 3 is 1.38 bits per heavy atom. The van der Waals surface area contributed by atoms with E-state index in [-0.39, 0.29) is 0 Å². The van der Waals surface area contributed by atoms with Gasteiger partial charge >= 0.3 is 0 Å². The minimum Gasteiger partial charge on any atom is -0.426 e. The summed E-state index contributed by atoms with van der Waals surface area (Å²) in [5.41, 5.74) is 0. The van der Waals surface area contributed by atoms with Crippen molar-refractivity contribution in [2.45, 2.75) is 41.5 Å². The van der Waals surface area contributed by atoms with E-state index in [1.165, 1.54) is 0 Å². The molecule has 0 unspecified atom stereocenters. The molecule has 114 valence electrons. The van der Waals surface area contributed by atoms with Crippen LogP contribution >= 0.6 is 11.3 Å². The zero-order valence-corrected chi connectivity index (χ0v) is 13.7. The van der Waals surface area contributed by atoms with Gasteiger partial charge in [-0.25, -0.2) is 0 Å². The van der Waals surface area contributed by atoms with Gasteiger partial charge in [-0.1, -0.05) is 5.16 Å². The van der Waals surface area contributed by atoms with Crippen LogP contribution in [0.1, 0.15) is 33.5 Å². The number of aryl methyl sites for hydroxylation is 6. The van der Waals surface area contributed by atoms with Crippen LogP contribution in [0.4, 0.5) is 0 Å². The number of hydrogen-bond donors (Lipinski definition) is 0. The molecule has 3 aromatic heterocycles. The molecule has 3 rings (SSSR count). The summed E-state index contributed by atoms with van der Waals surface area (Å²) in [6.45, 7) is 11.0. The molecule has 0 saturated heterocycles. The average molecular weight is 310 g/mol. The third kappa shape index (κ3) is 7.25. The first-order valence-electron chi connectivity index (χ1n) is 6.17. The molecule has 0 spiro atoms. The maximum absolute atomic E-state index is 4.86. The summed E-state index contributed by atoms with van der Waals surface area (Å²) in [4.78, 5) is 3.83. The fourth-order valence-electron chi connectivity index (χ4n) is 1.19. The molecule has 0 N–H and O–H groups in total. The molecule has 0 bridgehead atoms. The first kappa shape index (κ1) is 16.9. The van der Waals surface area contributed by atoms with Crippen molar-refractivity contribution in [3.8, 4) is 0 Å². The Kier molecular flexibility index (Phi) is 6.60. The quantitative estimate of drug-likeness (QED) is 0.624. The summed E-state index contributed by atoms with van der Waals surface area (Å²) in [5, 5.41) is 20.4. The maximum atomic E-state index is 4.86. The highest BCUT2D eigenvalue weighted by atomic mass is 32.1. The lowest BCUT2D eigenvalue weighted by atomic mass is 10.7. The van der Waals surface area contributed by atoms with E-state index in [4.69, 9.17) is 4.42 Å². The Bertz CT molecular complexity index is 520. The minimum absolute atomic E-state index is 0.623. The summed E-state index contributed by atoms with van der Waals surface area (Å²) in [6.07, 6.45) is 0. The third-order valence-corrected chi connectivity index (χ3v) is 2.64. The average Bonchev–Trinajstić information content (AvgIpc) is 3.06. The van der Waals surface area contributed by atoms with Gasteiger partial charge in [-0.05, 0) is 20.8 Å². The van der Waals surface area contributed by atoms with Crippen molar-refractivity contribution in [2.75, 3.05) is 0 Å². The first-order chi connectivity index (χ1) is 9.86. The Morgan fingerprint density at radius 1 is 0.714 bits per heavy atom. The zero-order chi connectivity index (χ0) is 15.8. The van der Waals surface area contributed by atoms with Crippen molar-refractivity contribution in [3.05, 3.63) is 33.5 Å². The topological polar surface area (TPSA) is 104 Å². The van der Waals surface area contributed by atoms with Gasteiger partial charge in [0.1, 0.15) is 10.0 Å². The molecule has 0 saturated carbocycles. The molecule has 3 aromatic rings. The van der Waals surface area contributed by atoms with Gasteiger partial charge in [0.15, 0.2) is 5.82 Å². The molecule has 0 aliphatic rings. The van der Waals surface area contributed by atoms with Gasteiger partial charge in [-0.3, -0.25) is 0 Å². The second-order valence-electron chi connectivity index (χ2n) is 4.04. The molecule has 0 fully saturated rings. The van der Waals surface area contributed by atoms with Gasteiger partial charge in [-0.2, -0.15) is 4.98 Å². The molecular formula is C12H18N6O2S. The predicted octanol–water partition coefficient (Wildman–Crippen LogP) is 2.53. The summed E-state index contributed by atoms with van der Waals surface area (Å²) in [5.74, 6) is 2.56. The maximum Gasteiger partial charge on any atom is 0.223 e. The van der Waals surface area contributed by atoms with E-state index in [0.717, 1.165) is 10.0 Å². The Balaban J connectivity index is 0.000000157. The van der Waals surface area contributed by atoms with Gasteiger partial charge in [-0.15, -0.1) is 31.7 Å². The third-order valence-electron chi connectivity index (χ3n) is 1.88. The van der Waals surface area contributed by atoms with Crippen molar-refractivity contribution < 1.29 is 8.94 Å². The fraction of sp³-hybridized carbons (Fsp3) is 0.500. The van der Waals surface area contributed by atoms with Crippen LogP contribution in [0.25, 0.3) is 0 Å². The molecule has 3 heterocycles. The van der Waals surface area contributed by atoms with E-state index >= 15 is 0 Å². The van der Waals surface area contributed by atoms with Gasteiger partial charge in [0, 0.05) is 20.8 Å². The number of nitrogens with zero attached hydrogens (tertiary/aromatic N) is 6. The van der Waals surface area contributed by atoms with Crippen LogP contribution in [0.5, 0.6) is 0 Å². The molecule has 0 radical (unpaired) electrons. The van der Waals surface area contributed by atoms with Crippen LogP contribution in [-0.4, -0.2) is 30.5 Å². The van der Waals surface area contributed by atoms with E-state index < -0.39 is 0 Å². The lowest BCUT2D eigenvalue weighted by Crippen LogP contribution is -1.70. The summed E-state index contributed by atoms with van der Waals surface area (Å²) in [6, 6.07) is 0. The largest absolute Gasteiger partial charge is 0.426 e. The van der Waals surface area contributed by atoms with E-state index in [2.05, 4.69) is 35.1 Å². The van der Waals surface area contributed by atoms with Crippen molar-refractivity contribution in [1.82, 2.24) is 30.5 Å². The van der Waals surface area contributed by atoms with Crippen molar-refractivity contribution in [1.29, 1.82) is 0 Å². The van der Waals surface area contributed by atoms with E-state index in [1.807, 2.05) is 13.8 Å². The molecule has 21 heavy (non-hydrogen) atoms. The molecule has 0 amide bonds. The fourth-order valence-corrected chi connectivity index (χ4v) is 1.78. The highest BCUT2D eigenvalue weighted by molar-refractivity contribution is 7.11. The van der Waals surface area contributed by atoms with Crippen LogP contribution in [0.3, 0.4) is 0 Å². The smallest absolute Gasteiger partial charge is 0.223 e. The highest BCUT2D eigenvalue weighted by Crippen LogP contribution is 2.03. The van der Waals surface area contributed by atoms with Crippen LogP contribution in [0, 0.1) is 41.5 Å². The highest BCUT2D eigenvalue weighted by Gasteiger charge is 1.90. The Labute approximate surface area is 126 Å². The number of hydrogen-bond acceptors (Lipinski definition) is 9. The van der Waals surface area contributed by atoms with Crippen LogP contribution in [0.15, 0.2) is 8.94 Å². The zero-order valence-electron chi connectivity index (χ0n) is 12.9. The lowest BCUT2D eigenvalue weighted by molar-refractivity contribution is 0.389. The second-order valence-corrected chi connectivity index (χ2v) is 5.43. The van der Waals surface area contributed by atoms with E-state index in [9.17, 15) is 0 Å². The van der Waals surface area contributed by atoms with Crippen LogP contribution in [-0.2, 0) is 0 Å². The Hall–Kier alpha value is -2.16. The molecule has 0 aliphatic carbocycles. The normalized spacial score (nSPS) is 9.43. The van der Waals surface area contributed by atoms with E-state index in [1.54, 1.807) is 39.0 Å². The van der Waals surface area contributed by atoms with Crippen LogP contribution in [0.2, 0.25) is 0 Å². The van der Waals surface area contributed by atoms with E-state index in [0.29, 0.717) is 23.5 Å². The van der Waals surface area contributed by atoms with Crippen molar-refractivity contribution in [3.63, 3.8) is 0 Å². The Morgan fingerprint density at radius 2 is 1.24 bits per heavy atom. The monoisotopic (exact) mass is 310 g/mol. The molecule has 8 nitrogen and oxygen atoms in total. The SMILES string of the molecule is Cc1nnc(C)o1.Cc1nnc(C)s1.Cc1noc(C)n1. The molecule has 0 atom stereocenters. The first-order valence-corrected chi connectivity index (χ1v) is 6.98. The van der Waals surface area contributed by atoms with Gasteiger partial charge in [0.2, 0.25) is 17.7 Å².